The first-order valence-electron chi connectivity index (χ1n) is 12.0. The minimum atomic E-state index is -0.0646. The number of ether oxygens (including phenoxy) is 1. The standard InChI is InChI=1S/C29H24N2O3S2/c1-34-22-14-12-21(13-15-22)31-28(33)26-23-8-4-5-9-25(23)36-27(26)30-29(31)35-17-24(32)20-11-10-18-6-2-3-7-19(18)16-20/h2-3,6-7,10-16H,4-5,8-9,17H2,1H3. The van der Waals surface area contributed by atoms with E-state index in [1.165, 1.54) is 16.6 Å². The second kappa shape index (κ2) is 9.56. The molecule has 0 spiro atoms. The Morgan fingerprint density at radius 1 is 1.03 bits per heavy atom. The second-order valence-electron chi connectivity index (χ2n) is 8.90. The molecule has 0 N–H and O–H groups in total. The fraction of sp³-hybridized carbons (Fsp3) is 0.207. The SMILES string of the molecule is COc1ccc(-n2c(SCC(=O)c3ccc4ccccc4c3)nc3sc4c(c3c2=O)CCCC4)cc1. The van der Waals surface area contributed by atoms with Gasteiger partial charge < -0.3 is 4.74 Å². The number of hydrogen-bond acceptors (Lipinski definition) is 6. The number of thioether (sulfide) groups is 1. The van der Waals surface area contributed by atoms with Crippen LogP contribution in [-0.4, -0.2) is 28.2 Å². The van der Waals surface area contributed by atoms with E-state index in [-0.39, 0.29) is 17.1 Å². The van der Waals surface area contributed by atoms with Crippen LogP contribution in [0.1, 0.15) is 33.6 Å². The van der Waals surface area contributed by atoms with Crippen LogP contribution in [0, 0.1) is 0 Å². The third-order valence-corrected chi connectivity index (χ3v) is 8.82. The average Bonchev–Trinajstić information content (AvgIpc) is 3.30. The molecule has 0 amide bonds. The maximum atomic E-state index is 13.9. The van der Waals surface area contributed by atoms with Crippen molar-refractivity contribution in [1.82, 2.24) is 9.55 Å². The van der Waals surface area contributed by atoms with Gasteiger partial charge in [0.2, 0.25) is 0 Å². The number of ketones is 1. The van der Waals surface area contributed by atoms with E-state index in [4.69, 9.17) is 9.72 Å². The molecule has 0 radical (unpaired) electrons. The number of Topliss-reactive ketones (excluding diaryl/α,β-unsaturated/α-hetero) is 1. The topological polar surface area (TPSA) is 61.2 Å². The lowest BCUT2D eigenvalue weighted by Gasteiger charge is -2.14. The lowest BCUT2D eigenvalue weighted by molar-refractivity contribution is 0.102. The summed E-state index contributed by atoms with van der Waals surface area (Å²) in [6.07, 6.45) is 4.16. The summed E-state index contributed by atoms with van der Waals surface area (Å²) in [6, 6.07) is 21.2. The van der Waals surface area contributed by atoms with Gasteiger partial charge in [-0.1, -0.05) is 48.2 Å². The lowest BCUT2D eigenvalue weighted by Crippen LogP contribution is -2.22. The Hall–Kier alpha value is -3.42. The summed E-state index contributed by atoms with van der Waals surface area (Å²) in [5.74, 6) is 0.915. The first-order chi connectivity index (χ1) is 17.6. The van der Waals surface area contributed by atoms with E-state index < -0.39 is 0 Å². The van der Waals surface area contributed by atoms with E-state index in [0.29, 0.717) is 16.4 Å². The summed E-state index contributed by atoms with van der Waals surface area (Å²) in [4.78, 5) is 34.0. The number of thiophene rings is 1. The van der Waals surface area contributed by atoms with Gasteiger partial charge in [-0.3, -0.25) is 14.2 Å². The summed E-state index contributed by atoms with van der Waals surface area (Å²) in [7, 11) is 1.62. The number of methoxy groups -OCH3 is 1. The molecule has 7 heteroatoms. The highest BCUT2D eigenvalue weighted by Crippen LogP contribution is 2.35. The number of benzene rings is 3. The Kier molecular flexibility index (Phi) is 6.11. The zero-order chi connectivity index (χ0) is 24.6. The maximum absolute atomic E-state index is 13.9. The van der Waals surface area contributed by atoms with Crippen LogP contribution in [0.4, 0.5) is 0 Å². The van der Waals surface area contributed by atoms with Crippen LogP contribution < -0.4 is 10.3 Å². The molecule has 2 aromatic heterocycles. The molecule has 36 heavy (non-hydrogen) atoms. The number of hydrogen-bond donors (Lipinski definition) is 0. The molecule has 0 fully saturated rings. The molecular formula is C29H24N2O3S2. The molecule has 2 heterocycles. The molecule has 0 saturated carbocycles. The van der Waals surface area contributed by atoms with Gasteiger partial charge in [-0.15, -0.1) is 11.3 Å². The number of carbonyl (C=O) groups is 1. The van der Waals surface area contributed by atoms with Crippen molar-refractivity contribution < 1.29 is 9.53 Å². The van der Waals surface area contributed by atoms with Gasteiger partial charge in [0.1, 0.15) is 10.6 Å². The summed E-state index contributed by atoms with van der Waals surface area (Å²) >= 11 is 2.94. The highest BCUT2D eigenvalue weighted by atomic mass is 32.2. The van der Waals surface area contributed by atoms with Gasteiger partial charge in [-0.05, 0) is 72.4 Å². The fourth-order valence-corrected chi connectivity index (χ4v) is 7.03. The van der Waals surface area contributed by atoms with Crippen molar-refractivity contribution in [3.63, 3.8) is 0 Å². The maximum Gasteiger partial charge on any atom is 0.267 e. The predicted molar refractivity (Wildman–Crippen MR) is 147 cm³/mol. The summed E-state index contributed by atoms with van der Waals surface area (Å²) in [5.41, 5.74) is 2.47. The Labute approximate surface area is 216 Å². The average molecular weight is 513 g/mol. The van der Waals surface area contributed by atoms with Crippen LogP contribution in [0.25, 0.3) is 26.7 Å². The monoisotopic (exact) mass is 512 g/mol. The highest BCUT2D eigenvalue weighted by molar-refractivity contribution is 7.99. The zero-order valence-corrected chi connectivity index (χ0v) is 21.5. The molecule has 1 aliphatic carbocycles. The van der Waals surface area contributed by atoms with Gasteiger partial charge >= 0.3 is 0 Å². The summed E-state index contributed by atoms with van der Waals surface area (Å²) < 4.78 is 6.96. The minimum Gasteiger partial charge on any atom is -0.497 e. The molecule has 5 nitrogen and oxygen atoms in total. The smallest absolute Gasteiger partial charge is 0.267 e. The minimum absolute atomic E-state index is 0.00635. The molecule has 0 aliphatic heterocycles. The first-order valence-corrected chi connectivity index (χ1v) is 13.8. The molecule has 5 aromatic rings. The second-order valence-corrected chi connectivity index (χ2v) is 10.9. The van der Waals surface area contributed by atoms with E-state index in [2.05, 4.69) is 0 Å². The molecule has 1 aliphatic rings. The van der Waals surface area contributed by atoms with Crippen LogP contribution in [0.2, 0.25) is 0 Å². The Morgan fingerprint density at radius 2 is 1.81 bits per heavy atom. The first kappa shape index (κ1) is 23.0. The van der Waals surface area contributed by atoms with Crippen LogP contribution in [0.15, 0.2) is 76.7 Å². The number of rotatable bonds is 6. The third-order valence-electron chi connectivity index (χ3n) is 6.69. The number of carbonyl (C=O) groups excluding carboxylic acids is 1. The normalized spacial score (nSPS) is 13.1. The van der Waals surface area contributed by atoms with Crippen molar-refractivity contribution in [1.29, 1.82) is 0 Å². The van der Waals surface area contributed by atoms with Gasteiger partial charge in [-0.25, -0.2) is 4.98 Å². The third kappa shape index (κ3) is 4.12. The fourth-order valence-electron chi connectivity index (χ4n) is 4.82. The van der Waals surface area contributed by atoms with E-state index in [0.717, 1.165) is 58.0 Å². The van der Waals surface area contributed by atoms with E-state index in [1.54, 1.807) is 23.0 Å². The predicted octanol–water partition coefficient (Wildman–Crippen LogP) is 6.46. The van der Waals surface area contributed by atoms with Crippen molar-refractivity contribution in [2.24, 2.45) is 0 Å². The molecular weight excluding hydrogens is 488 g/mol. The van der Waals surface area contributed by atoms with Gasteiger partial charge in [0.05, 0.1) is 23.9 Å². The Morgan fingerprint density at radius 3 is 2.61 bits per heavy atom. The Balaban J connectivity index is 1.40. The lowest BCUT2D eigenvalue weighted by atomic mass is 9.97. The van der Waals surface area contributed by atoms with Gasteiger partial charge in [0.25, 0.3) is 5.56 Å². The van der Waals surface area contributed by atoms with Crippen molar-refractivity contribution in [2.75, 3.05) is 12.9 Å². The van der Waals surface area contributed by atoms with Crippen LogP contribution >= 0.6 is 23.1 Å². The van der Waals surface area contributed by atoms with E-state index in [9.17, 15) is 9.59 Å². The number of aryl methyl sites for hydroxylation is 2. The van der Waals surface area contributed by atoms with Crippen LogP contribution in [0.5, 0.6) is 5.75 Å². The van der Waals surface area contributed by atoms with Gasteiger partial charge in [0, 0.05) is 10.4 Å². The van der Waals surface area contributed by atoms with Crippen molar-refractivity contribution in [3.05, 3.63) is 93.1 Å². The molecule has 180 valence electrons. The molecule has 0 atom stereocenters. The van der Waals surface area contributed by atoms with E-state index in [1.807, 2.05) is 66.7 Å². The number of aromatic nitrogens is 2. The molecule has 0 unspecified atom stereocenters. The van der Waals surface area contributed by atoms with Crippen molar-refractivity contribution in [3.8, 4) is 11.4 Å². The largest absolute Gasteiger partial charge is 0.497 e. The number of nitrogens with zero attached hydrogens (tertiary/aromatic N) is 2. The van der Waals surface area contributed by atoms with Gasteiger partial charge in [-0.2, -0.15) is 0 Å². The summed E-state index contributed by atoms with van der Waals surface area (Å²) in [6.45, 7) is 0. The quantitative estimate of drug-likeness (QED) is 0.148. The van der Waals surface area contributed by atoms with Crippen LogP contribution in [-0.2, 0) is 12.8 Å². The highest BCUT2D eigenvalue weighted by Gasteiger charge is 2.23. The zero-order valence-electron chi connectivity index (χ0n) is 19.8. The molecule has 6 rings (SSSR count). The molecule has 0 bridgehead atoms. The van der Waals surface area contributed by atoms with Gasteiger partial charge in [0.15, 0.2) is 10.9 Å². The summed E-state index contributed by atoms with van der Waals surface area (Å²) in [5, 5.41) is 3.40. The number of fused-ring (bicyclic) bond motifs is 4. The van der Waals surface area contributed by atoms with Crippen LogP contribution in [0.3, 0.4) is 0 Å². The van der Waals surface area contributed by atoms with Crippen molar-refractivity contribution >= 4 is 49.9 Å². The van der Waals surface area contributed by atoms with E-state index >= 15 is 0 Å². The van der Waals surface area contributed by atoms with Crippen molar-refractivity contribution in [2.45, 2.75) is 30.8 Å². The molecule has 3 aromatic carbocycles. The Bertz CT molecular complexity index is 1670. The molecule has 0 saturated heterocycles.